The van der Waals surface area contributed by atoms with Crippen molar-refractivity contribution in [3.05, 3.63) is 60.2 Å². The Bertz CT molecular complexity index is 1090. The Kier molecular flexibility index (Phi) is 7.78. The summed E-state index contributed by atoms with van der Waals surface area (Å²) < 4.78 is 62.8. The first-order valence-electron chi connectivity index (χ1n) is 12.1. The first-order valence-corrected chi connectivity index (χ1v) is 14.0. The molecule has 35 heavy (non-hydrogen) atoms. The number of alkyl halides is 3. The molecule has 9 heteroatoms. The first kappa shape index (κ1) is 26.0. The van der Waals surface area contributed by atoms with Crippen LogP contribution in [0, 0.1) is 5.92 Å². The number of benzene rings is 2. The Morgan fingerprint density at radius 2 is 1.71 bits per heavy atom. The Hall–Kier alpha value is -2.10. The van der Waals surface area contributed by atoms with E-state index in [0.717, 1.165) is 44.7 Å². The minimum atomic E-state index is -4.16. The molecule has 0 bridgehead atoms. The highest BCUT2D eigenvalue weighted by Gasteiger charge is 2.37. The van der Waals surface area contributed by atoms with Crippen molar-refractivity contribution in [3.8, 4) is 0 Å². The highest BCUT2D eigenvalue weighted by atomic mass is 32.2. The molecule has 0 saturated carbocycles. The number of rotatable bonds is 6. The van der Waals surface area contributed by atoms with Crippen molar-refractivity contribution < 1.29 is 21.6 Å². The van der Waals surface area contributed by atoms with Crippen LogP contribution in [0.1, 0.15) is 31.4 Å². The summed E-state index contributed by atoms with van der Waals surface area (Å²) in [5, 5.41) is 0. The Labute approximate surface area is 206 Å². The van der Waals surface area contributed by atoms with Gasteiger partial charge in [0.15, 0.2) is 9.84 Å². The van der Waals surface area contributed by atoms with E-state index < -0.39 is 22.6 Å². The maximum atomic E-state index is 12.9. The first-order chi connectivity index (χ1) is 16.5. The number of anilines is 1. The van der Waals surface area contributed by atoms with Gasteiger partial charge in [-0.3, -0.25) is 9.80 Å². The second kappa shape index (κ2) is 10.5. The van der Waals surface area contributed by atoms with Crippen LogP contribution >= 0.6 is 0 Å². The summed E-state index contributed by atoms with van der Waals surface area (Å²) >= 11 is 0. The van der Waals surface area contributed by atoms with Gasteiger partial charge >= 0.3 is 6.18 Å². The third-order valence-corrected chi connectivity index (χ3v) is 8.39. The molecule has 3 atom stereocenters. The third kappa shape index (κ3) is 6.77. The molecule has 0 aliphatic carbocycles. The quantitative estimate of drug-likeness (QED) is 0.569. The van der Waals surface area contributed by atoms with Gasteiger partial charge in [0.1, 0.15) is 0 Å². The number of likely N-dealkylation sites (tertiary alicyclic amines) is 1. The van der Waals surface area contributed by atoms with E-state index >= 15 is 0 Å². The summed E-state index contributed by atoms with van der Waals surface area (Å²) in [5.41, 5.74) is 2.08. The van der Waals surface area contributed by atoms with Crippen molar-refractivity contribution in [2.45, 2.75) is 42.9 Å². The van der Waals surface area contributed by atoms with Gasteiger partial charge in [0, 0.05) is 44.2 Å². The molecule has 2 aromatic carbocycles. The van der Waals surface area contributed by atoms with Gasteiger partial charge in [0.2, 0.25) is 0 Å². The van der Waals surface area contributed by atoms with Crippen LogP contribution < -0.4 is 4.90 Å². The van der Waals surface area contributed by atoms with E-state index in [0.29, 0.717) is 17.4 Å². The monoisotopic (exact) mass is 509 g/mol. The molecule has 2 saturated heterocycles. The molecule has 0 amide bonds. The summed E-state index contributed by atoms with van der Waals surface area (Å²) in [6.07, 6.45) is -1.42. The molecule has 2 aliphatic rings. The number of piperidine rings is 1. The van der Waals surface area contributed by atoms with Crippen molar-refractivity contribution in [1.29, 1.82) is 0 Å². The molecule has 0 unspecified atom stereocenters. The average molecular weight is 510 g/mol. The van der Waals surface area contributed by atoms with Gasteiger partial charge in [-0.1, -0.05) is 36.4 Å². The molecule has 0 spiro atoms. The van der Waals surface area contributed by atoms with Crippen molar-refractivity contribution >= 4 is 15.5 Å². The minimum Gasteiger partial charge on any atom is -0.368 e. The summed E-state index contributed by atoms with van der Waals surface area (Å²) in [6, 6.07) is 17.4. The smallest absolute Gasteiger partial charge is 0.368 e. The lowest BCUT2D eigenvalue weighted by Gasteiger charge is -2.46. The maximum absolute atomic E-state index is 12.9. The maximum Gasteiger partial charge on any atom is 0.401 e. The molecule has 2 heterocycles. The zero-order valence-electron chi connectivity index (χ0n) is 20.3. The van der Waals surface area contributed by atoms with Crippen LogP contribution in [0.25, 0.3) is 0 Å². The van der Waals surface area contributed by atoms with E-state index in [-0.39, 0.29) is 12.1 Å². The molecule has 2 aromatic rings. The van der Waals surface area contributed by atoms with E-state index in [9.17, 15) is 21.6 Å². The van der Waals surface area contributed by atoms with E-state index in [1.165, 1.54) is 11.8 Å². The van der Waals surface area contributed by atoms with Crippen LogP contribution in [0.3, 0.4) is 0 Å². The van der Waals surface area contributed by atoms with E-state index in [1.807, 2.05) is 31.2 Å². The van der Waals surface area contributed by atoms with Gasteiger partial charge in [-0.05, 0) is 56.0 Å². The van der Waals surface area contributed by atoms with Gasteiger partial charge in [0.05, 0.1) is 17.5 Å². The molecular formula is C26H34F3N3O2S. The molecular weight excluding hydrogens is 475 g/mol. The summed E-state index contributed by atoms with van der Waals surface area (Å²) in [5.74, 6) is 0.348. The number of sulfone groups is 1. The van der Waals surface area contributed by atoms with Crippen LogP contribution in [-0.4, -0.2) is 76.0 Å². The second-order valence-corrected chi connectivity index (χ2v) is 12.0. The summed E-state index contributed by atoms with van der Waals surface area (Å²) in [6.45, 7) is 4.68. The Morgan fingerprint density at radius 1 is 0.971 bits per heavy atom. The fourth-order valence-electron chi connectivity index (χ4n) is 5.46. The lowest BCUT2D eigenvalue weighted by molar-refractivity contribution is -0.154. The summed E-state index contributed by atoms with van der Waals surface area (Å²) in [7, 11) is -3.29. The molecule has 5 nitrogen and oxygen atoms in total. The van der Waals surface area contributed by atoms with Gasteiger partial charge < -0.3 is 4.90 Å². The predicted octanol–water partition coefficient (Wildman–Crippen LogP) is 4.62. The van der Waals surface area contributed by atoms with Crippen LogP contribution in [0.2, 0.25) is 0 Å². The van der Waals surface area contributed by atoms with Crippen LogP contribution in [0.15, 0.2) is 59.5 Å². The number of piperazine rings is 1. The van der Waals surface area contributed by atoms with Gasteiger partial charge in [-0.25, -0.2) is 8.42 Å². The number of halogens is 3. The standard InChI is InChI=1S/C26H34F3N3O2S/c1-20-15-21(11-12-32(20)19-26(27,28)29)17-31-14-13-30(18-25(31)22-7-4-3-5-8-22)23-9-6-10-24(16-23)35(2,33)34/h3-10,16,20-21,25H,11-15,17-19H2,1-2H3/t20-,21+,25+/m0/s1. The minimum absolute atomic E-state index is 0.0921. The zero-order chi connectivity index (χ0) is 25.2. The molecule has 0 radical (unpaired) electrons. The summed E-state index contributed by atoms with van der Waals surface area (Å²) in [4.78, 5) is 6.56. The fourth-order valence-corrected chi connectivity index (χ4v) is 6.12. The highest BCUT2D eigenvalue weighted by Crippen LogP contribution is 2.33. The third-order valence-electron chi connectivity index (χ3n) is 7.28. The van der Waals surface area contributed by atoms with Crippen LogP contribution in [0.5, 0.6) is 0 Å². The second-order valence-electron chi connectivity index (χ2n) is 9.96. The number of hydrogen-bond acceptors (Lipinski definition) is 5. The molecule has 2 fully saturated rings. The SMILES string of the molecule is C[C@H]1C[C@H](CN2CCN(c3cccc(S(C)(=O)=O)c3)C[C@@H]2c2ccccc2)CCN1CC(F)(F)F. The van der Waals surface area contributed by atoms with Gasteiger partial charge in [-0.2, -0.15) is 13.2 Å². The molecule has 192 valence electrons. The fraction of sp³-hybridized carbons (Fsp3) is 0.538. The van der Waals surface area contributed by atoms with Gasteiger partial charge in [0.25, 0.3) is 0 Å². The zero-order valence-corrected chi connectivity index (χ0v) is 21.1. The van der Waals surface area contributed by atoms with E-state index in [4.69, 9.17) is 0 Å². The normalized spacial score (nSPS) is 25.1. The number of nitrogens with zero attached hydrogens (tertiary/aromatic N) is 3. The lowest BCUT2D eigenvalue weighted by atomic mass is 9.89. The topological polar surface area (TPSA) is 43.9 Å². The number of hydrogen-bond donors (Lipinski definition) is 0. The highest BCUT2D eigenvalue weighted by molar-refractivity contribution is 7.90. The predicted molar refractivity (Wildman–Crippen MR) is 132 cm³/mol. The largest absolute Gasteiger partial charge is 0.401 e. The molecule has 2 aliphatic heterocycles. The van der Waals surface area contributed by atoms with Crippen molar-refractivity contribution in [3.63, 3.8) is 0 Å². The van der Waals surface area contributed by atoms with Crippen molar-refractivity contribution in [2.75, 3.05) is 50.4 Å². The van der Waals surface area contributed by atoms with Crippen molar-refractivity contribution in [1.82, 2.24) is 9.80 Å². The van der Waals surface area contributed by atoms with E-state index in [1.54, 1.807) is 23.1 Å². The Morgan fingerprint density at radius 3 is 2.37 bits per heavy atom. The Balaban J connectivity index is 1.48. The lowest BCUT2D eigenvalue weighted by Crippen LogP contribution is -2.52. The molecule has 4 rings (SSSR count). The molecule has 0 aromatic heterocycles. The van der Waals surface area contributed by atoms with Gasteiger partial charge in [-0.15, -0.1) is 0 Å². The van der Waals surface area contributed by atoms with E-state index in [2.05, 4.69) is 21.9 Å². The molecule has 0 N–H and O–H groups in total. The van der Waals surface area contributed by atoms with Crippen LogP contribution in [0.4, 0.5) is 18.9 Å². The average Bonchev–Trinajstić information content (AvgIpc) is 2.80. The van der Waals surface area contributed by atoms with Crippen LogP contribution in [-0.2, 0) is 9.84 Å². The van der Waals surface area contributed by atoms with Crippen molar-refractivity contribution in [2.24, 2.45) is 5.92 Å².